The summed E-state index contributed by atoms with van der Waals surface area (Å²) in [5, 5.41) is 13.5. The third kappa shape index (κ3) is 4.99. The minimum Gasteiger partial charge on any atom is -0.444 e. The van der Waals surface area contributed by atoms with E-state index in [1.807, 2.05) is 34.6 Å². The van der Waals surface area contributed by atoms with Crippen LogP contribution in [0.25, 0.3) is 0 Å². The highest BCUT2D eigenvalue weighted by atomic mass is 16.6. The van der Waals surface area contributed by atoms with Crippen LogP contribution in [0.15, 0.2) is 0 Å². The van der Waals surface area contributed by atoms with Gasteiger partial charge in [0.1, 0.15) is 5.60 Å². The van der Waals surface area contributed by atoms with E-state index in [0.29, 0.717) is 19.6 Å². The van der Waals surface area contributed by atoms with E-state index >= 15 is 0 Å². The molecule has 1 fully saturated rings. The lowest BCUT2D eigenvalue weighted by Gasteiger charge is -2.41. The molecule has 0 unspecified atom stereocenters. The van der Waals surface area contributed by atoms with Crippen LogP contribution in [0.4, 0.5) is 4.79 Å². The van der Waals surface area contributed by atoms with Gasteiger partial charge in [0.25, 0.3) is 0 Å². The van der Waals surface area contributed by atoms with Gasteiger partial charge in [0, 0.05) is 25.7 Å². The van der Waals surface area contributed by atoms with Gasteiger partial charge in [-0.15, -0.1) is 0 Å². The number of nitrogens with zero attached hydrogens (tertiary/aromatic N) is 1. The van der Waals surface area contributed by atoms with Crippen molar-refractivity contribution >= 4 is 6.09 Å². The zero-order chi connectivity index (χ0) is 14.7. The topological polar surface area (TPSA) is 61.8 Å². The summed E-state index contributed by atoms with van der Waals surface area (Å²) >= 11 is 0. The van der Waals surface area contributed by atoms with Crippen LogP contribution in [0.3, 0.4) is 0 Å². The summed E-state index contributed by atoms with van der Waals surface area (Å²) in [7, 11) is 0. The summed E-state index contributed by atoms with van der Waals surface area (Å²) in [5.41, 5.74) is -1.08. The third-order valence-electron chi connectivity index (χ3n) is 3.57. The zero-order valence-corrected chi connectivity index (χ0v) is 12.8. The first-order valence-corrected chi connectivity index (χ1v) is 7.13. The Morgan fingerprint density at radius 3 is 2.26 bits per heavy atom. The SMILES string of the molecule is CCC(O)(CC)CNC1CN(C(=O)OC(C)(C)C)C1. The Morgan fingerprint density at radius 2 is 1.84 bits per heavy atom. The van der Waals surface area contributed by atoms with E-state index in [1.54, 1.807) is 4.90 Å². The van der Waals surface area contributed by atoms with Gasteiger partial charge in [-0.3, -0.25) is 0 Å². The van der Waals surface area contributed by atoms with Crippen molar-refractivity contribution in [1.82, 2.24) is 10.2 Å². The summed E-state index contributed by atoms with van der Waals surface area (Å²) in [4.78, 5) is 13.4. The third-order valence-corrected chi connectivity index (χ3v) is 3.57. The minimum atomic E-state index is -0.633. The number of rotatable bonds is 5. The number of hydrogen-bond donors (Lipinski definition) is 2. The van der Waals surface area contributed by atoms with Crippen molar-refractivity contribution in [3.8, 4) is 0 Å². The summed E-state index contributed by atoms with van der Waals surface area (Å²) < 4.78 is 5.29. The Hall–Kier alpha value is -0.810. The van der Waals surface area contributed by atoms with Gasteiger partial charge in [0.2, 0.25) is 0 Å². The smallest absolute Gasteiger partial charge is 0.410 e. The van der Waals surface area contributed by atoms with Gasteiger partial charge in [0.05, 0.1) is 5.60 Å². The van der Waals surface area contributed by atoms with Gasteiger partial charge in [-0.25, -0.2) is 4.79 Å². The molecule has 1 aliphatic rings. The monoisotopic (exact) mass is 272 g/mol. The minimum absolute atomic E-state index is 0.258. The molecule has 0 spiro atoms. The molecule has 0 bridgehead atoms. The molecule has 0 radical (unpaired) electrons. The summed E-state index contributed by atoms with van der Waals surface area (Å²) in [6, 6.07) is 0.261. The average molecular weight is 272 g/mol. The highest BCUT2D eigenvalue weighted by Crippen LogP contribution is 2.17. The summed E-state index contributed by atoms with van der Waals surface area (Å²) in [6.45, 7) is 11.4. The van der Waals surface area contributed by atoms with Crippen LogP contribution in [0, 0.1) is 0 Å². The zero-order valence-electron chi connectivity index (χ0n) is 12.8. The van der Waals surface area contributed by atoms with Crippen LogP contribution in [-0.2, 0) is 4.74 Å². The second kappa shape index (κ2) is 6.09. The molecule has 112 valence electrons. The number of ether oxygens (including phenoxy) is 1. The fourth-order valence-electron chi connectivity index (χ4n) is 1.92. The quantitative estimate of drug-likeness (QED) is 0.800. The fourth-order valence-corrected chi connectivity index (χ4v) is 1.92. The first kappa shape index (κ1) is 16.2. The molecule has 1 amide bonds. The Balaban J connectivity index is 2.25. The number of hydrogen-bond acceptors (Lipinski definition) is 4. The number of amides is 1. The molecule has 1 heterocycles. The molecule has 1 saturated heterocycles. The van der Waals surface area contributed by atoms with E-state index in [4.69, 9.17) is 4.74 Å². The maximum absolute atomic E-state index is 11.7. The predicted octanol–water partition coefficient (Wildman–Crippen LogP) is 1.75. The summed E-state index contributed by atoms with van der Waals surface area (Å²) in [5.74, 6) is 0. The summed E-state index contributed by atoms with van der Waals surface area (Å²) in [6.07, 6.45) is 1.21. The molecule has 19 heavy (non-hydrogen) atoms. The molecule has 1 rings (SSSR count). The first-order valence-electron chi connectivity index (χ1n) is 7.13. The number of likely N-dealkylation sites (tertiary alicyclic amines) is 1. The molecule has 0 atom stereocenters. The van der Waals surface area contributed by atoms with Gasteiger partial charge in [-0.2, -0.15) is 0 Å². The Kier molecular flexibility index (Phi) is 5.21. The number of carbonyl (C=O) groups is 1. The van der Waals surface area contributed by atoms with Crippen LogP contribution in [-0.4, -0.2) is 53.0 Å². The number of nitrogens with one attached hydrogen (secondary N) is 1. The lowest BCUT2D eigenvalue weighted by atomic mass is 9.96. The average Bonchev–Trinajstić information content (AvgIpc) is 2.24. The van der Waals surface area contributed by atoms with Crippen molar-refractivity contribution in [3.63, 3.8) is 0 Å². The van der Waals surface area contributed by atoms with Crippen molar-refractivity contribution in [2.45, 2.75) is 64.7 Å². The molecule has 0 aromatic carbocycles. The molecule has 0 aromatic heterocycles. The maximum atomic E-state index is 11.7. The first-order chi connectivity index (χ1) is 8.69. The van der Waals surface area contributed by atoms with Crippen LogP contribution in [0.1, 0.15) is 47.5 Å². The van der Waals surface area contributed by atoms with Gasteiger partial charge >= 0.3 is 6.09 Å². The van der Waals surface area contributed by atoms with Gasteiger partial charge in [0.15, 0.2) is 0 Å². The molecule has 5 heteroatoms. The molecular formula is C14H28N2O3. The van der Waals surface area contributed by atoms with E-state index < -0.39 is 11.2 Å². The van der Waals surface area contributed by atoms with Crippen LogP contribution in [0.2, 0.25) is 0 Å². The molecule has 1 aliphatic heterocycles. The second-order valence-electron chi connectivity index (χ2n) is 6.39. The van der Waals surface area contributed by atoms with E-state index in [-0.39, 0.29) is 12.1 Å². The molecule has 0 aromatic rings. The van der Waals surface area contributed by atoms with Crippen molar-refractivity contribution < 1.29 is 14.6 Å². The lowest BCUT2D eigenvalue weighted by molar-refractivity contribution is -0.00333. The molecule has 0 aliphatic carbocycles. The maximum Gasteiger partial charge on any atom is 0.410 e. The number of aliphatic hydroxyl groups is 1. The van der Waals surface area contributed by atoms with Crippen molar-refractivity contribution in [3.05, 3.63) is 0 Å². The number of carbonyl (C=O) groups excluding carboxylic acids is 1. The van der Waals surface area contributed by atoms with Crippen LogP contribution >= 0.6 is 0 Å². The fraction of sp³-hybridized carbons (Fsp3) is 0.929. The molecule has 2 N–H and O–H groups in total. The van der Waals surface area contributed by atoms with E-state index in [2.05, 4.69) is 5.32 Å². The standard InChI is InChI=1S/C14H28N2O3/c1-6-14(18,7-2)10-15-11-8-16(9-11)12(17)19-13(3,4)5/h11,15,18H,6-10H2,1-5H3. The highest BCUT2D eigenvalue weighted by Gasteiger charge is 2.34. The lowest BCUT2D eigenvalue weighted by Crippen LogP contribution is -2.62. The van der Waals surface area contributed by atoms with Crippen molar-refractivity contribution in [1.29, 1.82) is 0 Å². The van der Waals surface area contributed by atoms with Crippen molar-refractivity contribution in [2.75, 3.05) is 19.6 Å². The molecule has 5 nitrogen and oxygen atoms in total. The van der Waals surface area contributed by atoms with Crippen LogP contribution < -0.4 is 5.32 Å². The van der Waals surface area contributed by atoms with Crippen LogP contribution in [0.5, 0.6) is 0 Å². The van der Waals surface area contributed by atoms with E-state index in [0.717, 1.165) is 12.8 Å². The van der Waals surface area contributed by atoms with Gasteiger partial charge in [-0.1, -0.05) is 13.8 Å². The molecule has 0 saturated carbocycles. The molecular weight excluding hydrogens is 244 g/mol. The van der Waals surface area contributed by atoms with E-state index in [1.165, 1.54) is 0 Å². The Labute approximate surface area is 116 Å². The van der Waals surface area contributed by atoms with E-state index in [9.17, 15) is 9.90 Å². The predicted molar refractivity (Wildman–Crippen MR) is 75.1 cm³/mol. The Bertz CT molecular complexity index is 302. The van der Waals surface area contributed by atoms with Crippen molar-refractivity contribution in [2.24, 2.45) is 0 Å². The van der Waals surface area contributed by atoms with Gasteiger partial charge < -0.3 is 20.1 Å². The second-order valence-corrected chi connectivity index (χ2v) is 6.39. The van der Waals surface area contributed by atoms with Gasteiger partial charge in [-0.05, 0) is 33.6 Å². The Morgan fingerprint density at radius 1 is 1.32 bits per heavy atom. The normalized spacial score (nSPS) is 17.3. The highest BCUT2D eigenvalue weighted by molar-refractivity contribution is 5.69. The largest absolute Gasteiger partial charge is 0.444 e.